The van der Waals surface area contributed by atoms with Crippen molar-refractivity contribution >= 4 is 27.8 Å². The van der Waals surface area contributed by atoms with Gasteiger partial charge in [-0.2, -0.15) is 0 Å². The molecule has 0 unspecified atom stereocenters. The van der Waals surface area contributed by atoms with Gasteiger partial charge in [-0.15, -0.1) is 0 Å². The third-order valence-corrected chi connectivity index (χ3v) is 2.55. The van der Waals surface area contributed by atoms with Gasteiger partial charge in [0.05, 0.1) is 6.42 Å². The number of amides is 1. The Morgan fingerprint density at radius 1 is 1.38 bits per heavy atom. The maximum atomic E-state index is 11.4. The number of benzene rings is 1. The fourth-order valence-electron chi connectivity index (χ4n) is 1.14. The van der Waals surface area contributed by atoms with Gasteiger partial charge in [0.25, 0.3) is 0 Å². The molecule has 0 aliphatic rings. The Balaban J connectivity index is 2.52. The molecule has 4 nitrogen and oxygen atoms in total. The second kappa shape index (κ2) is 5.65. The van der Waals surface area contributed by atoms with Gasteiger partial charge in [-0.05, 0) is 24.6 Å². The van der Waals surface area contributed by atoms with Crippen molar-refractivity contribution in [1.82, 2.24) is 5.32 Å². The minimum absolute atomic E-state index is 0.185. The minimum atomic E-state index is -1.04. The summed E-state index contributed by atoms with van der Waals surface area (Å²) in [5.41, 5.74) is 0.846. The van der Waals surface area contributed by atoms with Crippen LogP contribution in [0.2, 0.25) is 0 Å². The molecule has 0 fully saturated rings. The highest BCUT2D eigenvalue weighted by Gasteiger charge is 2.13. The highest BCUT2D eigenvalue weighted by atomic mass is 79.9. The Hall–Kier alpha value is -1.36. The quantitative estimate of drug-likeness (QED) is 0.883. The van der Waals surface area contributed by atoms with E-state index in [1.165, 1.54) is 6.92 Å². The molecule has 1 amide bonds. The van der Waals surface area contributed by atoms with Crippen LogP contribution < -0.4 is 5.32 Å². The standard InChI is InChI=1S/C11H12BrNO3/c1-7(11(15)16)13-10(14)6-8-2-4-9(12)5-3-8/h2-5,7H,6H2,1H3,(H,13,14)(H,15,16)/t7-/m0/s1. The Morgan fingerprint density at radius 2 is 1.94 bits per heavy atom. The predicted octanol–water partition coefficient (Wildman–Crippen LogP) is 1.58. The number of carbonyl (C=O) groups excluding carboxylic acids is 1. The summed E-state index contributed by atoms with van der Waals surface area (Å²) in [4.78, 5) is 21.9. The van der Waals surface area contributed by atoms with E-state index in [1.54, 1.807) is 0 Å². The summed E-state index contributed by atoms with van der Waals surface area (Å²) in [6.07, 6.45) is 0.185. The van der Waals surface area contributed by atoms with Crippen LogP contribution in [-0.2, 0) is 16.0 Å². The molecule has 0 radical (unpaired) electrons. The van der Waals surface area contributed by atoms with Gasteiger partial charge >= 0.3 is 5.97 Å². The number of carbonyl (C=O) groups is 2. The number of aliphatic carboxylic acids is 1. The van der Waals surface area contributed by atoms with Gasteiger partial charge in [0.1, 0.15) is 6.04 Å². The molecule has 0 aliphatic carbocycles. The average molecular weight is 286 g/mol. The zero-order valence-electron chi connectivity index (χ0n) is 8.74. The lowest BCUT2D eigenvalue weighted by Gasteiger charge is -2.09. The van der Waals surface area contributed by atoms with Crippen molar-refractivity contribution < 1.29 is 14.7 Å². The molecule has 1 rings (SSSR count). The van der Waals surface area contributed by atoms with Gasteiger partial charge in [-0.25, -0.2) is 0 Å². The summed E-state index contributed by atoms with van der Waals surface area (Å²) >= 11 is 3.29. The van der Waals surface area contributed by atoms with Crippen molar-refractivity contribution in [3.05, 3.63) is 34.3 Å². The lowest BCUT2D eigenvalue weighted by molar-refractivity contribution is -0.141. The SMILES string of the molecule is C[C@H](NC(=O)Cc1ccc(Br)cc1)C(=O)O. The molecule has 1 atom stereocenters. The summed E-state index contributed by atoms with van der Waals surface area (Å²) in [7, 11) is 0. The molecular weight excluding hydrogens is 274 g/mol. The number of carboxylic acid groups (broad SMARTS) is 1. The summed E-state index contributed by atoms with van der Waals surface area (Å²) in [5.74, 6) is -1.33. The fraction of sp³-hybridized carbons (Fsp3) is 0.273. The fourth-order valence-corrected chi connectivity index (χ4v) is 1.41. The van der Waals surface area contributed by atoms with E-state index in [2.05, 4.69) is 21.2 Å². The molecule has 16 heavy (non-hydrogen) atoms. The first kappa shape index (κ1) is 12.7. The van der Waals surface area contributed by atoms with E-state index in [0.29, 0.717) is 0 Å². The summed E-state index contributed by atoms with van der Waals surface area (Å²) in [6.45, 7) is 1.43. The van der Waals surface area contributed by atoms with Crippen molar-refractivity contribution in [2.75, 3.05) is 0 Å². The van der Waals surface area contributed by atoms with Crippen LogP contribution in [0.3, 0.4) is 0 Å². The molecule has 5 heteroatoms. The smallest absolute Gasteiger partial charge is 0.325 e. The third-order valence-electron chi connectivity index (χ3n) is 2.03. The minimum Gasteiger partial charge on any atom is -0.480 e. The number of rotatable bonds is 4. The van der Waals surface area contributed by atoms with Crippen molar-refractivity contribution in [3.8, 4) is 0 Å². The van der Waals surface area contributed by atoms with Gasteiger partial charge in [0.2, 0.25) is 5.91 Å². The first-order valence-electron chi connectivity index (χ1n) is 4.75. The molecule has 0 saturated carbocycles. The van der Waals surface area contributed by atoms with Gasteiger partial charge < -0.3 is 10.4 Å². The lowest BCUT2D eigenvalue weighted by Crippen LogP contribution is -2.39. The zero-order chi connectivity index (χ0) is 12.1. The largest absolute Gasteiger partial charge is 0.480 e. The van der Waals surface area contributed by atoms with Crippen LogP contribution in [0.15, 0.2) is 28.7 Å². The first-order valence-corrected chi connectivity index (χ1v) is 5.55. The second-order valence-corrected chi connectivity index (χ2v) is 4.35. The maximum Gasteiger partial charge on any atom is 0.325 e. The number of nitrogens with one attached hydrogen (secondary N) is 1. The van der Waals surface area contributed by atoms with Crippen molar-refractivity contribution in [2.45, 2.75) is 19.4 Å². The molecule has 1 aromatic carbocycles. The first-order chi connectivity index (χ1) is 7.49. The monoisotopic (exact) mass is 285 g/mol. The Kier molecular flexibility index (Phi) is 4.49. The molecule has 0 saturated heterocycles. The molecule has 0 aliphatic heterocycles. The predicted molar refractivity (Wildman–Crippen MR) is 63.1 cm³/mol. The normalized spacial score (nSPS) is 11.9. The van der Waals surface area contributed by atoms with Crippen LogP contribution in [0.1, 0.15) is 12.5 Å². The van der Waals surface area contributed by atoms with Crippen LogP contribution in [-0.4, -0.2) is 23.0 Å². The van der Waals surface area contributed by atoms with E-state index >= 15 is 0 Å². The van der Waals surface area contributed by atoms with E-state index < -0.39 is 12.0 Å². The number of hydrogen-bond donors (Lipinski definition) is 2. The average Bonchev–Trinajstić information content (AvgIpc) is 2.21. The van der Waals surface area contributed by atoms with Crippen LogP contribution in [0.4, 0.5) is 0 Å². The van der Waals surface area contributed by atoms with E-state index in [9.17, 15) is 9.59 Å². The van der Waals surface area contributed by atoms with Gasteiger partial charge in [0, 0.05) is 4.47 Å². The molecule has 2 N–H and O–H groups in total. The van der Waals surface area contributed by atoms with E-state index in [0.717, 1.165) is 10.0 Å². The topological polar surface area (TPSA) is 66.4 Å². The second-order valence-electron chi connectivity index (χ2n) is 3.43. The zero-order valence-corrected chi connectivity index (χ0v) is 10.3. The highest BCUT2D eigenvalue weighted by Crippen LogP contribution is 2.10. The van der Waals surface area contributed by atoms with Crippen LogP contribution in [0.25, 0.3) is 0 Å². The summed E-state index contributed by atoms with van der Waals surface area (Å²) < 4.78 is 0.940. The van der Waals surface area contributed by atoms with Gasteiger partial charge in [0.15, 0.2) is 0 Å². The number of carboxylic acids is 1. The van der Waals surface area contributed by atoms with Gasteiger partial charge in [-0.1, -0.05) is 28.1 Å². The molecule has 0 heterocycles. The highest BCUT2D eigenvalue weighted by molar-refractivity contribution is 9.10. The Labute approximate surface area is 102 Å². The third kappa shape index (κ3) is 4.02. The van der Waals surface area contributed by atoms with Crippen molar-refractivity contribution in [2.24, 2.45) is 0 Å². The van der Waals surface area contributed by atoms with Crippen LogP contribution in [0.5, 0.6) is 0 Å². The molecule has 86 valence electrons. The molecule has 0 aromatic heterocycles. The van der Waals surface area contributed by atoms with Crippen LogP contribution in [0, 0.1) is 0 Å². The Morgan fingerprint density at radius 3 is 2.44 bits per heavy atom. The number of hydrogen-bond acceptors (Lipinski definition) is 2. The lowest BCUT2D eigenvalue weighted by atomic mass is 10.1. The molecular formula is C11H12BrNO3. The molecule has 0 bridgehead atoms. The maximum absolute atomic E-state index is 11.4. The molecule has 0 spiro atoms. The van der Waals surface area contributed by atoms with Crippen molar-refractivity contribution in [1.29, 1.82) is 0 Å². The Bertz CT molecular complexity index is 389. The van der Waals surface area contributed by atoms with E-state index in [4.69, 9.17) is 5.11 Å². The molecule has 1 aromatic rings. The van der Waals surface area contributed by atoms with Crippen LogP contribution >= 0.6 is 15.9 Å². The van der Waals surface area contributed by atoms with E-state index in [-0.39, 0.29) is 12.3 Å². The summed E-state index contributed by atoms with van der Waals surface area (Å²) in [5, 5.41) is 11.0. The summed E-state index contributed by atoms with van der Waals surface area (Å²) in [6, 6.07) is 6.44. The van der Waals surface area contributed by atoms with Crippen molar-refractivity contribution in [3.63, 3.8) is 0 Å². The van der Waals surface area contributed by atoms with E-state index in [1.807, 2.05) is 24.3 Å². The number of halogens is 1. The van der Waals surface area contributed by atoms with Gasteiger partial charge in [-0.3, -0.25) is 9.59 Å².